The summed E-state index contributed by atoms with van der Waals surface area (Å²) in [5, 5.41) is 54.2. The van der Waals surface area contributed by atoms with Crippen molar-refractivity contribution >= 4 is 23.2 Å². The number of carbonyl (C=O) groups is 3. The highest BCUT2D eigenvalue weighted by Gasteiger charge is 2.64. The van der Waals surface area contributed by atoms with Gasteiger partial charge in [-0.1, -0.05) is 0 Å². The Morgan fingerprint density at radius 1 is 1.21 bits per heavy atom. The van der Waals surface area contributed by atoms with Gasteiger partial charge in [-0.3, -0.25) is 24.2 Å². The van der Waals surface area contributed by atoms with Crippen LogP contribution in [0, 0.1) is 11.8 Å². The van der Waals surface area contributed by atoms with E-state index in [1.54, 1.807) is 0 Å². The molecule has 0 bridgehead atoms. The fraction of sp³-hybridized carbons (Fsp3) is 0.552. The minimum atomic E-state index is -4.92. The average Bonchev–Trinajstić information content (AvgIpc) is 3.31. The lowest BCUT2D eigenvalue weighted by atomic mass is 9.57. The topological polar surface area (TPSA) is 185 Å². The summed E-state index contributed by atoms with van der Waals surface area (Å²) in [4.78, 5) is 42.3. The molecule has 1 aliphatic heterocycles. The van der Waals surface area contributed by atoms with E-state index in [4.69, 9.17) is 5.73 Å². The van der Waals surface area contributed by atoms with Crippen LogP contribution >= 0.6 is 0 Å². The van der Waals surface area contributed by atoms with E-state index in [2.05, 4.69) is 0 Å². The molecule has 1 saturated heterocycles. The molecule has 1 aromatic carbocycles. The van der Waals surface area contributed by atoms with Crippen LogP contribution in [-0.2, 0) is 33.5 Å². The Labute approximate surface area is 244 Å². The van der Waals surface area contributed by atoms with Gasteiger partial charge in [0.2, 0.25) is 5.78 Å². The summed E-state index contributed by atoms with van der Waals surface area (Å²) in [6.07, 6.45) is -3.89. The molecule has 0 radical (unpaired) electrons. The van der Waals surface area contributed by atoms with Crippen LogP contribution in [-0.4, -0.2) is 97.7 Å². The molecule has 43 heavy (non-hydrogen) atoms. The number of aromatic hydroxyl groups is 1. The van der Waals surface area contributed by atoms with Gasteiger partial charge in [0, 0.05) is 30.7 Å². The maximum Gasteiger partial charge on any atom is 0.417 e. The second kappa shape index (κ2) is 10.6. The molecule has 0 spiro atoms. The Balaban J connectivity index is 1.69. The van der Waals surface area contributed by atoms with Crippen molar-refractivity contribution in [3.63, 3.8) is 0 Å². The Kier molecular flexibility index (Phi) is 7.65. The number of benzene rings is 1. The van der Waals surface area contributed by atoms with Crippen molar-refractivity contribution < 1.29 is 53.1 Å². The van der Waals surface area contributed by atoms with E-state index >= 15 is 0 Å². The molecule has 5 atom stereocenters. The lowest BCUT2D eigenvalue weighted by Gasteiger charge is -2.50. The van der Waals surface area contributed by atoms with Gasteiger partial charge in [-0.15, -0.1) is 0 Å². The molecule has 3 aliphatic carbocycles. The van der Waals surface area contributed by atoms with Gasteiger partial charge in [-0.2, -0.15) is 13.2 Å². The van der Waals surface area contributed by atoms with E-state index in [0.717, 1.165) is 12.5 Å². The van der Waals surface area contributed by atoms with Gasteiger partial charge in [0.15, 0.2) is 11.4 Å². The fourth-order valence-electron chi connectivity index (χ4n) is 7.66. The number of hydrogen-bond donors (Lipinski definition) is 6. The highest BCUT2D eigenvalue weighted by Crippen LogP contribution is 2.54. The Morgan fingerprint density at radius 3 is 2.47 bits per heavy atom. The maximum atomic E-state index is 14.8. The number of aliphatic hydroxyl groups is 4. The van der Waals surface area contributed by atoms with Crippen molar-refractivity contribution in [3.8, 4) is 5.75 Å². The molecular formula is C29H34F3N3O8. The first-order valence-electron chi connectivity index (χ1n) is 14.0. The molecule has 14 heteroatoms. The molecule has 7 N–H and O–H groups in total. The third-order valence-corrected chi connectivity index (χ3v) is 9.42. The molecule has 4 aliphatic rings. The van der Waals surface area contributed by atoms with E-state index in [-0.39, 0.29) is 31.2 Å². The first-order valence-corrected chi connectivity index (χ1v) is 14.0. The zero-order valence-electron chi connectivity index (χ0n) is 23.6. The van der Waals surface area contributed by atoms with E-state index in [1.807, 2.05) is 4.90 Å². The van der Waals surface area contributed by atoms with E-state index < -0.39 is 98.7 Å². The summed E-state index contributed by atoms with van der Waals surface area (Å²) in [5.74, 6) is -9.13. The molecular weight excluding hydrogens is 575 g/mol. The zero-order chi connectivity index (χ0) is 31.8. The number of phenolic OH excluding ortho intramolecular Hbond substituents is 1. The predicted molar refractivity (Wildman–Crippen MR) is 144 cm³/mol. The number of Topliss-reactive ketones (excluding diaryl/α,β-unsaturated/α-hetero) is 2. The van der Waals surface area contributed by atoms with Crippen molar-refractivity contribution in [1.29, 1.82) is 0 Å². The molecule has 234 valence electrons. The summed E-state index contributed by atoms with van der Waals surface area (Å²) < 4.78 is 44.3. The van der Waals surface area contributed by atoms with Gasteiger partial charge in [0.25, 0.3) is 5.91 Å². The van der Waals surface area contributed by atoms with E-state index in [9.17, 15) is 53.1 Å². The Hall–Kier alpha value is -3.46. The quantitative estimate of drug-likeness (QED) is 0.257. The SMILES string of the molecule is CN(C)[C@@H]1C(=O)C(C(N)=O)=C(O)[C@@]2(O)C(=O)C3=C(O)c4c(O)cc(CN5CCC[C@H]5CCO)c(C(F)(F)F)c4C[C@H]3C[C@@H]12. The van der Waals surface area contributed by atoms with Crippen LogP contribution in [0.5, 0.6) is 5.75 Å². The number of nitrogens with zero attached hydrogens (tertiary/aromatic N) is 2. The number of primary amides is 1. The number of hydrogen-bond acceptors (Lipinski definition) is 10. The largest absolute Gasteiger partial charge is 0.508 e. The number of alkyl halides is 3. The number of fused-ring (bicyclic) bond motifs is 3. The van der Waals surface area contributed by atoms with E-state index in [1.165, 1.54) is 19.0 Å². The smallest absolute Gasteiger partial charge is 0.417 e. The number of likely N-dealkylation sites (N-methyl/N-ethyl adjacent to an activating group) is 1. The normalized spacial score (nSPS) is 29.7. The van der Waals surface area contributed by atoms with Crippen LogP contribution in [0.15, 0.2) is 23.0 Å². The van der Waals surface area contributed by atoms with Crippen molar-refractivity contribution in [3.05, 3.63) is 45.2 Å². The number of likely N-dealkylation sites (tertiary alicyclic amines) is 1. The van der Waals surface area contributed by atoms with Gasteiger partial charge in [-0.05, 0) is 75.9 Å². The second-order valence-electron chi connectivity index (χ2n) is 12.0. The van der Waals surface area contributed by atoms with Gasteiger partial charge < -0.3 is 31.3 Å². The molecule has 1 saturated carbocycles. The number of halogens is 3. The number of nitrogens with two attached hydrogens (primary N) is 1. The third kappa shape index (κ3) is 4.62. The van der Waals surface area contributed by atoms with Crippen LogP contribution in [0.25, 0.3) is 5.76 Å². The lowest BCUT2D eigenvalue weighted by Crippen LogP contribution is -2.65. The van der Waals surface area contributed by atoms with Gasteiger partial charge in [0.1, 0.15) is 22.8 Å². The van der Waals surface area contributed by atoms with Gasteiger partial charge >= 0.3 is 6.18 Å². The molecule has 0 unspecified atom stereocenters. The molecule has 2 fully saturated rings. The van der Waals surface area contributed by atoms with Crippen molar-refractivity contribution in [1.82, 2.24) is 9.80 Å². The second-order valence-corrected chi connectivity index (χ2v) is 12.0. The Morgan fingerprint density at radius 2 is 1.88 bits per heavy atom. The van der Waals surface area contributed by atoms with Crippen molar-refractivity contribution in [2.75, 3.05) is 27.2 Å². The van der Waals surface area contributed by atoms with Crippen molar-refractivity contribution in [2.24, 2.45) is 17.6 Å². The minimum absolute atomic E-state index is 0.129. The van der Waals surface area contributed by atoms with E-state index in [0.29, 0.717) is 19.4 Å². The molecule has 1 heterocycles. The average molecular weight is 610 g/mol. The molecule has 11 nitrogen and oxygen atoms in total. The standard InChI is InChI=1S/C29H34F3N3O8/c1-34(2)22-16-9-12-8-15-19(23(38)18(12)25(40)28(16,43)26(41)20(24(22)39)27(33)42)17(37)10-13(21(15)29(30,31)32)11-35-6-3-4-14(35)5-7-36/h10,12,14,16,22,36-38,41,43H,3-9,11H2,1-2H3,(H2,33,42)/t12-,14-,16-,22-,28-/m0/s1. The maximum absolute atomic E-state index is 14.8. The zero-order valence-corrected chi connectivity index (χ0v) is 23.6. The number of ketones is 2. The van der Waals surface area contributed by atoms with Crippen LogP contribution in [0.4, 0.5) is 13.2 Å². The molecule has 1 aromatic rings. The number of carbonyl (C=O) groups excluding carboxylic acids is 3. The number of aliphatic hydroxyl groups excluding tert-OH is 3. The monoisotopic (exact) mass is 609 g/mol. The highest BCUT2D eigenvalue weighted by molar-refractivity contribution is 6.24. The molecule has 1 amide bonds. The third-order valence-electron chi connectivity index (χ3n) is 9.42. The predicted octanol–water partition coefficient (Wildman–Crippen LogP) is 1.33. The summed E-state index contributed by atoms with van der Waals surface area (Å²) in [6.45, 7) is 0.196. The number of phenols is 1. The first kappa shape index (κ1) is 31.0. The lowest BCUT2D eigenvalue weighted by molar-refractivity contribution is -0.153. The van der Waals surface area contributed by atoms with Gasteiger partial charge in [0.05, 0.1) is 17.2 Å². The summed E-state index contributed by atoms with van der Waals surface area (Å²) >= 11 is 0. The van der Waals surface area contributed by atoms with Gasteiger partial charge in [-0.25, -0.2) is 0 Å². The van der Waals surface area contributed by atoms with Crippen molar-refractivity contribution in [2.45, 2.75) is 62.5 Å². The summed E-state index contributed by atoms with van der Waals surface area (Å²) in [5.41, 5.74) is -1.41. The highest BCUT2D eigenvalue weighted by atomic mass is 19.4. The molecule has 5 rings (SSSR count). The van der Waals surface area contributed by atoms with Crippen LogP contribution in [0.3, 0.4) is 0 Å². The van der Waals surface area contributed by atoms with Crippen LogP contribution < -0.4 is 5.73 Å². The molecule has 0 aromatic heterocycles. The Bertz CT molecular complexity index is 1470. The minimum Gasteiger partial charge on any atom is -0.508 e. The first-order chi connectivity index (χ1) is 20.0. The fourth-order valence-corrected chi connectivity index (χ4v) is 7.66. The number of rotatable bonds is 6. The van der Waals surface area contributed by atoms with Crippen LogP contribution in [0.1, 0.15) is 47.9 Å². The summed E-state index contributed by atoms with van der Waals surface area (Å²) in [7, 11) is 2.86. The summed E-state index contributed by atoms with van der Waals surface area (Å²) in [6, 6.07) is -0.588. The van der Waals surface area contributed by atoms with Crippen LogP contribution in [0.2, 0.25) is 0 Å². The number of amides is 1.